The molecule has 2 unspecified atom stereocenters. The topological polar surface area (TPSA) is 91.2 Å². The Kier molecular flexibility index (Phi) is 5.76. The van der Waals surface area contributed by atoms with Gasteiger partial charge in [-0.15, -0.1) is 0 Å². The van der Waals surface area contributed by atoms with Crippen LogP contribution < -0.4 is 16.2 Å². The maximum Gasteiger partial charge on any atom is 0.258 e. The Morgan fingerprint density at radius 3 is 2.58 bits per heavy atom. The molecule has 1 amide bonds. The van der Waals surface area contributed by atoms with Gasteiger partial charge in [0.05, 0.1) is 5.69 Å². The quantitative estimate of drug-likeness (QED) is 0.777. The van der Waals surface area contributed by atoms with E-state index in [9.17, 15) is 4.79 Å². The standard InChI is InChI=1S/C14H23N3O2/c1-4-10(15)8-11-13(7-6-9(3)17-11)19-12(5-2)14(16)18/h6-7,10,12H,4-5,8,15H2,1-3H3,(H2,16,18). The van der Waals surface area contributed by atoms with Gasteiger partial charge in [0.2, 0.25) is 0 Å². The molecular weight excluding hydrogens is 242 g/mol. The third-order valence-corrected chi connectivity index (χ3v) is 3.01. The Bertz CT molecular complexity index is 435. The van der Waals surface area contributed by atoms with Crippen LogP contribution in [-0.4, -0.2) is 23.0 Å². The van der Waals surface area contributed by atoms with Gasteiger partial charge in [0.1, 0.15) is 5.75 Å². The summed E-state index contributed by atoms with van der Waals surface area (Å²) in [5.41, 5.74) is 12.9. The molecule has 1 aromatic rings. The van der Waals surface area contributed by atoms with Gasteiger partial charge in [-0.1, -0.05) is 13.8 Å². The predicted molar refractivity (Wildman–Crippen MR) is 74.8 cm³/mol. The van der Waals surface area contributed by atoms with Crippen molar-refractivity contribution in [2.24, 2.45) is 11.5 Å². The molecule has 0 saturated heterocycles. The molecule has 0 fully saturated rings. The second kappa shape index (κ2) is 7.09. The Labute approximate surface area is 114 Å². The Morgan fingerprint density at radius 1 is 1.37 bits per heavy atom. The zero-order valence-electron chi connectivity index (χ0n) is 11.8. The van der Waals surface area contributed by atoms with Crippen LogP contribution in [0.4, 0.5) is 0 Å². The summed E-state index contributed by atoms with van der Waals surface area (Å²) < 4.78 is 5.66. The van der Waals surface area contributed by atoms with Crippen LogP contribution in [0.5, 0.6) is 5.75 Å². The fraction of sp³-hybridized carbons (Fsp3) is 0.571. The minimum absolute atomic E-state index is 0.0327. The van der Waals surface area contributed by atoms with E-state index in [2.05, 4.69) is 4.98 Å². The summed E-state index contributed by atoms with van der Waals surface area (Å²) in [7, 11) is 0. The molecule has 106 valence electrons. The van der Waals surface area contributed by atoms with Gasteiger partial charge in [-0.25, -0.2) is 0 Å². The van der Waals surface area contributed by atoms with Crippen molar-refractivity contribution in [1.29, 1.82) is 0 Å². The Hall–Kier alpha value is -1.62. The highest BCUT2D eigenvalue weighted by atomic mass is 16.5. The number of ether oxygens (including phenoxy) is 1. The molecule has 1 rings (SSSR count). The van der Waals surface area contributed by atoms with Crippen LogP contribution in [0.1, 0.15) is 38.1 Å². The number of amides is 1. The number of nitrogens with zero attached hydrogens (tertiary/aromatic N) is 1. The van der Waals surface area contributed by atoms with Gasteiger partial charge < -0.3 is 16.2 Å². The molecular formula is C14H23N3O2. The van der Waals surface area contributed by atoms with E-state index in [4.69, 9.17) is 16.2 Å². The van der Waals surface area contributed by atoms with Crippen molar-refractivity contribution in [2.45, 2.75) is 52.2 Å². The fourth-order valence-corrected chi connectivity index (χ4v) is 1.74. The number of aryl methyl sites for hydroxylation is 1. The van der Waals surface area contributed by atoms with E-state index in [0.29, 0.717) is 18.6 Å². The summed E-state index contributed by atoms with van der Waals surface area (Å²) in [6.07, 6.45) is 1.40. The highest BCUT2D eigenvalue weighted by Crippen LogP contribution is 2.21. The third kappa shape index (κ3) is 4.52. The minimum atomic E-state index is -0.624. The Balaban J connectivity index is 2.95. The first kappa shape index (κ1) is 15.4. The summed E-state index contributed by atoms with van der Waals surface area (Å²) in [6, 6.07) is 3.71. The highest BCUT2D eigenvalue weighted by Gasteiger charge is 2.18. The van der Waals surface area contributed by atoms with Crippen LogP contribution in [0.15, 0.2) is 12.1 Å². The predicted octanol–water partition coefficient (Wildman–Crippen LogP) is 1.31. The maximum absolute atomic E-state index is 11.2. The smallest absolute Gasteiger partial charge is 0.258 e. The number of aromatic nitrogens is 1. The van der Waals surface area contributed by atoms with Crippen molar-refractivity contribution >= 4 is 5.91 Å². The fourth-order valence-electron chi connectivity index (χ4n) is 1.74. The van der Waals surface area contributed by atoms with Crippen molar-refractivity contribution < 1.29 is 9.53 Å². The third-order valence-electron chi connectivity index (χ3n) is 3.01. The van der Waals surface area contributed by atoms with E-state index in [1.165, 1.54) is 0 Å². The lowest BCUT2D eigenvalue weighted by Crippen LogP contribution is -2.33. The van der Waals surface area contributed by atoms with Crippen LogP contribution >= 0.6 is 0 Å². The summed E-state index contributed by atoms with van der Waals surface area (Å²) in [4.78, 5) is 15.7. The average molecular weight is 265 g/mol. The van der Waals surface area contributed by atoms with E-state index in [1.54, 1.807) is 0 Å². The van der Waals surface area contributed by atoms with Gasteiger partial charge in [-0.05, 0) is 31.9 Å². The summed E-state index contributed by atoms with van der Waals surface area (Å²) in [5, 5.41) is 0. The SMILES string of the molecule is CCC(N)Cc1nc(C)ccc1OC(CC)C(N)=O. The number of carbonyl (C=O) groups excluding carboxylic acids is 1. The average Bonchev–Trinajstić information content (AvgIpc) is 2.37. The van der Waals surface area contributed by atoms with Crippen LogP contribution in [0.25, 0.3) is 0 Å². The zero-order chi connectivity index (χ0) is 14.4. The first-order chi connectivity index (χ1) is 8.97. The van der Waals surface area contributed by atoms with Gasteiger partial charge in [-0.2, -0.15) is 0 Å². The molecule has 0 bridgehead atoms. The molecule has 1 heterocycles. The van der Waals surface area contributed by atoms with Gasteiger partial charge in [-0.3, -0.25) is 9.78 Å². The summed E-state index contributed by atoms with van der Waals surface area (Å²) in [6.45, 7) is 5.80. The highest BCUT2D eigenvalue weighted by molar-refractivity contribution is 5.79. The minimum Gasteiger partial charge on any atom is -0.479 e. The number of hydrogen-bond donors (Lipinski definition) is 2. The van der Waals surface area contributed by atoms with Crippen LogP contribution in [0, 0.1) is 6.92 Å². The first-order valence-corrected chi connectivity index (χ1v) is 6.66. The van der Waals surface area contributed by atoms with E-state index in [1.807, 2.05) is 32.9 Å². The largest absolute Gasteiger partial charge is 0.479 e. The molecule has 0 aromatic carbocycles. The van der Waals surface area contributed by atoms with Crippen LogP contribution in [0.2, 0.25) is 0 Å². The second-order valence-corrected chi connectivity index (χ2v) is 4.69. The number of rotatable bonds is 7. The number of carbonyl (C=O) groups is 1. The van der Waals surface area contributed by atoms with Gasteiger partial charge >= 0.3 is 0 Å². The molecule has 0 aliphatic heterocycles. The van der Waals surface area contributed by atoms with Crippen LogP contribution in [0.3, 0.4) is 0 Å². The maximum atomic E-state index is 11.2. The molecule has 0 aliphatic carbocycles. The lowest BCUT2D eigenvalue weighted by molar-refractivity contribution is -0.124. The first-order valence-electron chi connectivity index (χ1n) is 6.66. The van der Waals surface area contributed by atoms with E-state index >= 15 is 0 Å². The van der Waals surface area contributed by atoms with Gasteiger partial charge in [0.25, 0.3) is 5.91 Å². The Morgan fingerprint density at radius 2 is 2.05 bits per heavy atom. The number of nitrogens with two attached hydrogens (primary N) is 2. The second-order valence-electron chi connectivity index (χ2n) is 4.69. The van der Waals surface area contributed by atoms with E-state index in [-0.39, 0.29) is 6.04 Å². The molecule has 5 nitrogen and oxygen atoms in total. The zero-order valence-corrected chi connectivity index (χ0v) is 11.8. The summed E-state index contributed by atoms with van der Waals surface area (Å²) in [5.74, 6) is 0.133. The van der Waals surface area contributed by atoms with E-state index < -0.39 is 12.0 Å². The van der Waals surface area contributed by atoms with Crippen molar-refractivity contribution in [3.8, 4) is 5.75 Å². The molecule has 0 spiro atoms. The van der Waals surface area contributed by atoms with Crippen LogP contribution in [-0.2, 0) is 11.2 Å². The van der Waals surface area contributed by atoms with Crippen molar-refractivity contribution in [1.82, 2.24) is 4.98 Å². The van der Waals surface area contributed by atoms with Crippen molar-refractivity contribution in [2.75, 3.05) is 0 Å². The lowest BCUT2D eigenvalue weighted by atomic mass is 10.1. The molecule has 0 aliphatic rings. The van der Waals surface area contributed by atoms with Gasteiger partial charge in [0.15, 0.2) is 6.10 Å². The monoisotopic (exact) mass is 265 g/mol. The number of hydrogen-bond acceptors (Lipinski definition) is 4. The van der Waals surface area contributed by atoms with Crippen molar-refractivity contribution in [3.05, 3.63) is 23.5 Å². The molecule has 0 radical (unpaired) electrons. The molecule has 2 atom stereocenters. The molecule has 4 N–H and O–H groups in total. The van der Waals surface area contributed by atoms with Gasteiger partial charge in [0, 0.05) is 18.2 Å². The molecule has 0 saturated carbocycles. The lowest BCUT2D eigenvalue weighted by Gasteiger charge is -2.18. The van der Waals surface area contributed by atoms with Crippen molar-refractivity contribution in [3.63, 3.8) is 0 Å². The number of pyridine rings is 1. The molecule has 19 heavy (non-hydrogen) atoms. The molecule has 1 aromatic heterocycles. The summed E-state index contributed by atoms with van der Waals surface area (Å²) >= 11 is 0. The molecule has 5 heteroatoms. The van der Waals surface area contributed by atoms with E-state index in [0.717, 1.165) is 17.8 Å². The normalized spacial score (nSPS) is 13.9. The number of primary amides is 1.